The normalized spacial score (nSPS) is 24.2. The van der Waals surface area contributed by atoms with Gasteiger partial charge in [-0.25, -0.2) is 4.98 Å². The van der Waals surface area contributed by atoms with Gasteiger partial charge in [-0.3, -0.25) is 4.79 Å². The van der Waals surface area contributed by atoms with Gasteiger partial charge in [0, 0.05) is 50.4 Å². The molecule has 1 N–H and O–H groups in total. The average Bonchev–Trinajstić information content (AvgIpc) is 2.52. The number of rotatable bonds is 3. The van der Waals surface area contributed by atoms with E-state index >= 15 is 0 Å². The topological polar surface area (TPSA) is 50.2 Å². The van der Waals surface area contributed by atoms with Gasteiger partial charge in [-0.15, -0.1) is 0 Å². The first-order valence-corrected chi connectivity index (χ1v) is 9.00. The van der Waals surface area contributed by atoms with Crippen molar-refractivity contribution in [1.29, 1.82) is 0 Å². The summed E-state index contributed by atoms with van der Waals surface area (Å²) in [6.45, 7) is 1.84. The Labute approximate surface area is 130 Å². The molecule has 0 aromatic carbocycles. The third-order valence-electron chi connectivity index (χ3n) is 4.42. The van der Waals surface area contributed by atoms with Gasteiger partial charge in [0.2, 0.25) is 0 Å². The highest BCUT2D eigenvalue weighted by atomic mass is 32.2. The zero-order valence-corrected chi connectivity index (χ0v) is 13.4. The highest BCUT2D eigenvalue weighted by Crippen LogP contribution is 2.20. The third-order valence-corrected chi connectivity index (χ3v) is 5.64. The molecule has 0 unspecified atom stereocenters. The van der Waals surface area contributed by atoms with Crippen LogP contribution in [0.3, 0.4) is 0 Å². The molecule has 3 rings (SSSR count). The van der Waals surface area contributed by atoms with Crippen LogP contribution in [-0.4, -0.2) is 46.2 Å². The van der Waals surface area contributed by atoms with E-state index in [9.17, 15) is 4.79 Å². The van der Waals surface area contributed by atoms with Crippen LogP contribution in [0.25, 0.3) is 0 Å². The summed E-state index contributed by atoms with van der Waals surface area (Å²) >= 11 is 2.07. The van der Waals surface area contributed by atoms with Crippen molar-refractivity contribution in [2.45, 2.75) is 37.8 Å². The van der Waals surface area contributed by atoms with Crippen LogP contribution in [-0.2, 0) is 7.05 Å². The van der Waals surface area contributed by atoms with Crippen LogP contribution in [0.1, 0.15) is 25.7 Å². The Morgan fingerprint density at radius 2 is 2.10 bits per heavy atom. The van der Waals surface area contributed by atoms with E-state index in [2.05, 4.69) is 27.0 Å². The molecular formula is C15H24N4OS. The van der Waals surface area contributed by atoms with Crippen LogP contribution < -0.4 is 15.8 Å². The molecule has 0 spiro atoms. The second-order valence-corrected chi connectivity index (χ2v) is 7.16. The number of thioether (sulfide) groups is 1. The van der Waals surface area contributed by atoms with Crippen LogP contribution in [0.4, 0.5) is 5.82 Å². The first-order valence-electron chi connectivity index (χ1n) is 7.84. The number of aromatic nitrogens is 2. The molecule has 5 nitrogen and oxygen atoms in total. The molecule has 1 aromatic heterocycles. The van der Waals surface area contributed by atoms with E-state index in [0.717, 1.165) is 25.9 Å². The third kappa shape index (κ3) is 3.61. The molecule has 0 bridgehead atoms. The molecule has 21 heavy (non-hydrogen) atoms. The number of nitrogens with zero attached hydrogens (tertiary/aromatic N) is 3. The van der Waals surface area contributed by atoms with Crippen LogP contribution in [0.2, 0.25) is 0 Å². The molecule has 6 heteroatoms. The van der Waals surface area contributed by atoms with Gasteiger partial charge in [-0.05, 0) is 31.4 Å². The van der Waals surface area contributed by atoms with E-state index in [1.54, 1.807) is 24.0 Å². The second-order valence-electron chi connectivity index (χ2n) is 6.01. The van der Waals surface area contributed by atoms with Crippen molar-refractivity contribution in [3.8, 4) is 0 Å². The largest absolute Gasteiger partial charge is 0.352 e. The lowest BCUT2D eigenvalue weighted by molar-refractivity contribution is 0.364. The Bertz CT molecular complexity index is 519. The van der Waals surface area contributed by atoms with Crippen LogP contribution in [0, 0.1) is 0 Å². The Morgan fingerprint density at radius 1 is 1.29 bits per heavy atom. The summed E-state index contributed by atoms with van der Waals surface area (Å²) in [6.07, 6.45) is 8.27. The van der Waals surface area contributed by atoms with Gasteiger partial charge in [0.15, 0.2) is 5.82 Å². The zero-order valence-electron chi connectivity index (χ0n) is 12.6. The summed E-state index contributed by atoms with van der Waals surface area (Å²) in [7, 11) is 1.78. The molecule has 2 aliphatic rings. The van der Waals surface area contributed by atoms with E-state index in [4.69, 9.17) is 0 Å². The number of aryl methyl sites for hydroxylation is 1. The minimum Gasteiger partial charge on any atom is -0.352 e. The van der Waals surface area contributed by atoms with Gasteiger partial charge in [0.25, 0.3) is 5.56 Å². The molecular weight excluding hydrogens is 284 g/mol. The first-order chi connectivity index (χ1) is 10.2. The van der Waals surface area contributed by atoms with Crippen molar-refractivity contribution >= 4 is 17.6 Å². The van der Waals surface area contributed by atoms with Crippen molar-refractivity contribution < 1.29 is 0 Å². The Morgan fingerprint density at radius 3 is 2.81 bits per heavy atom. The lowest BCUT2D eigenvalue weighted by Gasteiger charge is -2.35. The molecule has 2 saturated heterocycles. The van der Waals surface area contributed by atoms with E-state index in [1.165, 1.54) is 24.3 Å². The minimum atomic E-state index is 0.00703. The summed E-state index contributed by atoms with van der Waals surface area (Å²) in [5.41, 5.74) is 0.00703. The van der Waals surface area contributed by atoms with Crippen LogP contribution >= 0.6 is 11.8 Å². The van der Waals surface area contributed by atoms with Gasteiger partial charge in [-0.1, -0.05) is 0 Å². The number of piperidine rings is 1. The maximum atomic E-state index is 12.1. The Hall–Kier alpha value is -1.01. The van der Waals surface area contributed by atoms with Crippen molar-refractivity contribution in [3.63, 3.8) is 0 Å². The Balaban J connectivity index is 1.55. The molecule has 0 radical (unpaired) electrons. The lowest BCUT2D eigenvalue weighted by atomic mass is 10.0. The zero-order chi connectivity index (χ0) is 14.7. The van der Waals surface area contributed by atoms with Gasteiger partial charge in [0.05, 0.1) is 0 Å². The lowest BCUT2D eigenvalue weighted by Crippen LogP contribution is -2.48. The monoisotopic (exact) mass is 308 g/mol. The summed E-state index contributed by atoms with van der Waals surface area (Å²) in [5.74, 6) is 3.17. The quantitative estimate of drug-likeness (QED) is 0.910. The van der Waals surface area contributed by atoms with Crippen molar-refractivity contribution in [1.82, 2.24) is 14.9 Å². The second kappa shape index (κ2) is 6.83. The molecule has 0 amide bonds. The number of nitrogens with one attached hydrogen (secondary N) is 1. The fourth-order valence-corrected chi connectivity index (χ4v) is 4.25. The van der Waals surface area contributed by atoms with E-state index < -0.39 is 0 Å². The van der Waals surface area contributed by atoms with Crippen molar-refractivity contribution in [2.75, 3.05) is 29.5 Å². The maximum Gasteiger partial charge on any atom is 0.293 e. The number of anilines is 1. The van der Waals surface area contributed by atoms with Gasteiger partial charge in [-0.2, -0.15) is 11.8 Å². The molecule has 1 atom stereocenters. The molecule has 0 aliphatic carbocycles. The summed E-state index contributed by atoms with van der Waals surface area (Å²) in [6, 6.07) is 1.28. The summed E-state index contributed by atoms with van der Waals surface area (Å²) in [5, 5.41) is 3.80. The van der Waals surface area contributed by atoms with E-state index in [-0.39, 0.29) is 5.56 Å². The standard InChI is InChI=1S/C15H24N4OS/c1-18-9-6-16-14(15(18)20)19-7-4-12(5-8-19)17-13-3-2-10-21-11-13/h6,9,12-13,17H,2-5,7-8,10-11H2,1H3/t13-/m1/s1. The first kappa shape index (κ1) is 14.9. The van der Waals surface area contributed by atoms with Crippen LogP contribution in [0.5, 0.6) is 0 Å². The average molecular weight is 308 g/mol. The van der Waals surface area contributed by atoms with Gasteiger partial charge < -0.3 is 14.8 Å². The molecule has 1 aromatic rings. The maximum absolute atomic E-state index is 12.1. The van der Waals surface area contributed by atoms with E-state index in [1.807, 2.05) is 0 Å². The number of hydrogen-bond acceptors (Lipinski definition) is 5. The summed E-state index contributed by atoms with van der Waals surface area (Å²) in [4.78, 5) is 18.5. The Kier molecular flexibility index (Phi) is 4.85. The van der Waals surface area contributed by atoms with Gasteiger partial charge >= 0.3 is 0 Å². The molecule has 0 saturated carbocycles. The highest BCUT2D eigenvalue weighted by Gasteiger charge is 2.24. The minimum absolute atomic E-state index is 0.00703. The highest BCUT2D eigenvalue weighted by molar-refractivity contribution is 7.99. The predicted molar refractivity (Wildman–Crippen MR) is 88.2 cm³/mol. The molecule has 2 aliphatic heterocycles. The molecule has 116 valence electrons. The van der Waals surface area contributed by atoms with E-state index in [0.29, 0.717) is 17.9 Å². The van der Waals surface area contributed by atoms with Crippen molar-refractivity contribution in [2.24, 2.45) is 7.05 Å². The molecule has 3 heterocycles. The van der Waals surface area contributed by atoms with Gasteiger partial charge in [0.1, 0.15) is 0 Å². The SMILES string of the molecule is Cn1ccnc(N2CCC(N[C@@H]3CCCSC3)CC2)c1=O. The fraction of sp³-hybridized carbons (Fsp3) is 0.733. The summed E-state index contributed by atoms with van der Waals surface area (Å²) < 4.78 is 1.60. The van der Waals surface area contributed by atoms with Crippen molar-refractivity contribution in [3.05, 3.63) is 22.7 Å². The van der Waals surface area contributed by atoms with Crippen LogP contribution in [0.15, 0.2) is 17.2 Å². The molecule has 2 fully saturated rings. The fourth-order valence-electron chi connectivity index (χ4n) is 3.16. The number of hydrogen-bond donors (Lipinski definition) is 1. The predicted octanol–water partition coefficient (Wildman–Crippen LogP) is 1.23. The smallest absolute Gasteiger partial charge is 0.293 e.